The minimum Gasteiger partial charge on any atom is -0.508 e. The van der Waals surface area contributed by atoms with Crippen molar-refractivity contribution in [1.29, 1.82) is 0 Å². The first-order valence-electron chi connectivity index (χ1n) is 9.05. The van der Waals surface area contributed by atoms with Gasteiger partial charge in [-0.15, -0.1) is 0 Å². The van der Waals surface area contributed by atoms with E-state index in [1.165, 1.54) is 11.1 Å². The highest BCUT2D eigenvalue weighted by atomic mass is 16.3. The van der Waals surface area contributed by atoms with Crippen LogP contribution in [0.2, 0.25) is 0 Å². The lowest BCUT2D eigenvalue weighted by atomic mass is 10.1. The molecule has 0 unspecified atom stereocenters. The molecule has 0 aromatic heterocycles. The summed E-state index contributed by atoms with van der Waals surface area (Å²) in [7, 11) is 0. The Kier molecular flexibility index (Phi) is 6.08. The van der Waals surface area contributed by atoms with Gasteiger partial charge in [0.25, 0.3) is 0 Å². The number of piperazine rings is 1. The predicted molar refractivity (Wildman–Crippen MR) is 100 cm³/mol. The molecule has 2 aromatic carbocycles. The summed E-state index contributed by atoms with van der Waals surface area (Å²) in [5.41, 5.74) is 3.75. The van der Waals surface area contributed by atoms with Crippen molar-refractivity contribution in [3.05, 3.63) is 65.2 Å². The van der Waals surface area contributed by atoms with Crippen LogP contribution in [0.25, 0.3) is 0 Å². The van der Waals surface area contributed by atoms with E-state index in [4.69, 9.17) is 0 Å². The van der Waals surface area contributed by atoms with Gasteiger partial charge in [-0.2, -0.15) is 0 Å². The summed E-state index contributed by atoms with van der Waals surface area (Å²) in [5, 5.41) is 19.1. The quantitative estimate of drug-likeness (QED) is 0.849. The summed E-state index contributed by atoms with van der Waals surface area (Å²) in [4.78, 5) is 4.90. The molecule has 0 saturated carbocycles. The molecule has 4 heteroatoms. The van der Waals surface area contributed by atoms with E-state index in [1.807, 2.05) is 12.1 Å². The zero-order chi connectivity index (χ0) is 17.6. The fourth-order valence-electron chi connectivity index (χ4n) is 3.57. The van der Waals surface area contributed by atoms with Gasteiger partial charge < -0.3 is 10.2 Å². The van der Waals surface area contributed by atoms with Crippen LogP contribution in [0.1, 0.15) is 23.1 Å². The van der Waals surface area contributed by atoms with Crippen molar-refractivity contribution < 1.29 is 10.2 Å². The van der Waals surface area contributed by atoms with Crippen molar-refractivity contribution in [2.45, 2.75) is 32.5 Å². The average molecular weight is 340 g/mol. The van der Waals surface area contributed by atoms with Crippen LogP contribution < -0.4 is 0 Å². The Labute approximate surface area is 150 Å². The van der Waals surface area contributed by atoms with E-state index < -0.39 is 0 Å². The molecule has 0 bridgehead atoms. The fourth-order valence-corrected chi connectivity index (χ4v) is 3.57. The topological polar surface area (TPSA) is 46.9 Å². The SMILES string of the molecule is Cc1ccc(CN2CCN(Cc3cccc(O)c3)C[C@@H]2CCO)cc1. The molecule has 0 spiro atoms. The number of benzene rings is 2. The van der Waals surface area contributed by atoms with Gasteiger partial charge in [0.15, 0.2) is 0 Å². The van der Waals surface area contributed by atoms with E-state index in [9.17, 15) is 10.2 Å². The highest BCUT2D eigenvalue weighted by Crippen LogP contribution is 2.20. The van der Waals surface area contributed by atoms with E-state index in [0.29, 0.717) is 11.8 Å². The normalized spacial score (nSPS) is 19.2. The van der Waals surface area contributed by atoms with E-state index in [-0.39, 0.29) is 6.61 Å². The molecule has 1 aliphatic rings. The zero-order valence-corrected chi connectivity index (χ0v) is 14.9. The van der Waals surface area contributed by atoms with E-state index in [0.717, 1.165) is 44.7 Å². The molecule has 0 aliphatic carbocycles. The van der Waals surface area contributed by atoms with Gasteiger partial charge >= 0.3 is 0 Å². The smallest absolute Gasteiger partial charge is 0.115 e. The van der Waals surface area contributed by atoms with Gasteiger partial charge in [-0.25, -0.2) is 0 Å². The largest absolute Gasteiger partial charge is 0.508 e. The number of aliphatic hydroxyl groups is 1. The Hall–Kier alpha value is -1.88. The Bertz CT molecular complexity index is 672. The number of phenols is 1. The molecule has 1 saturated heterocycles. The van der Waals surface area contributed by atoms with Crippen molar-refractivity contribution in [1.82, 2.24) is 9.80 Å². The summed E-state index contributed by atoms with van der Waals surface area (Å²) < 4.78 is 0. The van der Waals surface area contributed by atoms with Gasteiger partial charge in [0.1, 0.15) is 5.75 Å². The van der Waals surface area contributed by atoms with Gasteiger partial charge in [0.05, 0.1) is 0 Å². The molecule has 1 fully saturated rings. The van der Waals surface area contributed by atoms with Gasteiger partial charge in [-0.1, -0.05) is 42.0 Å². The molecule has 2 aromatic rings. The number of aryl methyl sites for hydroxylation is 1. The summed E-state index contributed by atoms with van der Waals surface area (Å²) >= 11 is 0. The second-order valence-corrected chi connectivity index (χ2v) is 7.03. The standard InChI is InChI=1S/C21H28N2O2/c1-17-5-7-18(8-6-17)15-23-11-10-22(16-20(23)9-12-24)14-19-3-2-4-21(25)13-19/h2-8,13,20,24-25H,9-12,14-16H2,1H3/t20-/m0/s1. The molecule has 0 amide bonds. The number of aromatic hydroxyl groups is 1. The molecule has 1 aliphatic heterocycles. The Morgan fingerprint density at radius 2 is 1.80 bits per heavy atom. The van der Waals surface area contributed by atoms with Gasteiger partial charge in [-0.05, 0) is 36.6 Å². The highest BCUT2D eigenvalue weighted by Gasteiger charge is 2.26. The van der Waals surface area contributed by atoms with Crippen LogP contribution in [0.3, 0.4) is 0 Å². The third-order valence-corrected chi connectivity index (χ3v) is 4.97. The first-order valence-corrected chi connectivity index (χ1v) is 9.05. The lowest BCUT2D eigenvalue weighted by molar-refractivity contribution is 0.0499. The molecule has 134 valence electrons. The second-order valence-electron chi connectivity index (χ2n) is 7.03. The molecule has 3 rings (SSSR count). The maximum atomic E-state index is 9.64. The van der Waals surface area contributed by atoms with Crippen molar-refractivity contribution in [3.63, 3.8) is 0 Å². The van der Waals surface area contributed by atoms with Gasteiger partial charge in [0.2, 0.25) is 0 Å². The number of aliphatic hydroxyl groups excluding tert-OH is 1. The number of phenolic OH excluding ortho intramolecular Hbond substituents is 1. The minimum atomic E-state index is 0.217. The molecule has 2 N–H and O–H groups in total. The van der Waals surface area contributed by atoms with Crippen LogP contribution in [0.4, 0.5) is 0 Å². The van der Waals surface area contributed by atoms with Crippen molar-refractivity contribution in [2.75, 3.05) is 26.2 Å². The van der Waals surface area contributed by atoms with Crippen LogP contribution in [-0.4, -0.2) is 52.3 Å². The third kappa shape index (κ3) is 5.05. The molecule has 1 atom stereocenters. The number of hydrogen-bond acceptors (Lipinski definition) is 4. The van der Waals surface area contributed by atoms with Crippen molar-refractivity contribution in [3.8, 4) is 5.75 Å². The second kappa shape index (κ2) is 8.48. The molecular weight excluding hydrogens is 312 g/mol. The Balaban J connectivity index is 1.62. The third-order valence-electron chi connectivity index (χ3n) is 4.97. The summed E-state index contributed by atoms with van der Waals surface area (Å²) in [6.45, 7) is 7.05. The Morgan fingerprint density at radius 3 is 2.52 bits per heavy atom. The maximum absolute atomic E-state index is 9.64. The summed E-state index contributed by atoms with van der Waals surface area (Å²) in [6, 6.07) is 16.6. The number of nitrogens with zero attached hydrogens (tertiary/aromatic N) is 2. The van der Waals surface area contributed by atoms with Crippen LogP contribution in [0.15, 0.2) is 48.5 Å². The predicted octanol–water partition coefficient (Wildman–Crippen LogP) is 2.77. The number of rotatable bonds is 6. The van der Waals surface area contributed by atoms with Gasteiger partial charge in [0, 0.05) is 45.4 Å². The lowest BCUT2D eigenvalue weighted by Crippen LogP contribution is -2.52. The summed E-state index contributed by atoms with van der Waals surface area (Å²) in [5.74, 6) is 0.322. The van der Waals surface area contributed by atoms with Crippen molar-refractivity contribution >= 4 is 0 Å². The molecule has 0 radical (unpaired) electrons. The fraction of sp³-hybridized carbons (Fsp3) is 0.429. The first kappa shape index (κ1) is 17.9. The van der Waals surface area contributed by atoms with Crippen LogP contribution in [0.5, 0.6) is 5.75 Å². The average Bonchev–Trinajstić information content (AvgIpc) is 2.59. The minimum absolute atomic E-state index is 0.217. The van der Waals surface area contributed by atoms with Gasteiger partial charge in [-0.3, -0.25) is 9.80 Å². The molecular formula is C21H28N2O2. The molecule has 4 nitrogen and oxygen atoms in total. The van der Waals surface area contributed by atoms with E-state index >= 15 is 0 Å². The van der Waals surface area contributed by atoms with Crippen LogP contribution >= 0.6 is 0 Å². The van der Waals surface area contributed by atoms with Crippen LogP contribution in [-0.2, 0) is 13.1 Å². The lowest BCUT2D eigenvalue weighted by Gasteiger charge is -2.41. The van der Waals surface area contributed by atoms with E-state index in [1.54, 1.807) is 6.07 Å². The zero-order valence-electron chi connectivity index (χ0n) is 14.9. The molecule has 25 heavy (non-hydrogen) atoms. The maximum Gasteiger partial charge on any atom is 0.115 e. The number of hydrogen-bond donors (Lipinski definition) is 2. The molecule has 1 heterocycles. The van der Waals surface area contributed by atoms with Crippen molar-refractivity contribution in [2.24, 2.45) is 0 Å². The monoisotopic (exact) mass is 340 g/mol. The Morgan fingerprint density at radius 1 is 1.00 bits per heavy atom. The van der Waals surface area contributed by atoms with Crippen LogP contribution in [0, 0.1) is 6.92 Å². The summed E-state index contributed by atoms with van der Waals surface area (Å²) in [6.07, 6.45) is 0.794. The van der Waals surface area contributed by atoms with E-state index in [2.05, 4.69) is 47.1 Å². The first-order chi connectivity index (χ1) is 12.1. The highest BCUT2D eigenvalue weighted by molar-refractivity contribution is 5.27.